The van der Waals surface area contributed by atoms with Gasteiger partial charge in [0.2, 0.25) is 14.8 Å². The van der Waals surface area contributed by atoms with E-state index in [0.29, 0.717) is 42.4 Å². The largest absolute Gasteiger partial charge is 0.435 e. The lowest BCUT2D eigenvalue weighted by atomic mass is 10.0. The van der Waals surface area contributed by atoms with Gasteiger partial charge >= 0.3 is 6.61 Å². The van der Waals surface area contributed by atoms with Crippen molar-refractivity contribution >= 4 is 33.3 Å². The molecule has 1 saturated heterocycles. The quantitative estimate of drug-likeness (QED) is 0.169. The van der Waals surface area contributed by atoms with Crippen molar-refractivity contribution in [2.45, 2.75) is 11.5 Å². The van der Waals surface area contributed by atoms with Gasteiger partial charge in [-0.1, -0.05) is 54.6 Å². The van der Waals surface area contributed by atoms with Crippen LogP contribution in [-0.4, -0.2) is 56.5 Å². The van der Waals surface area contributed by atoms with E-state index in [1.165, 1.54) is 27.8 Å². The van der Waals surface area contributed by atoms with Crippen molar-refractivity contribution in [2.75, 3.05) is 26.3 Å². The number of sulfonamides is 1. The molecule has 1 fully saturated rings. The Morgan fingerprint density at radius 1 is 0.822 bits per heavy atom. The fraction of sp³-hybridized carbons (Fsp3) is 0.152. The van der Waals surface area contributed by atoms with Crippen molar-refractivity contribution in [1.82, 2.24) is 8.98 Å². The molecule has 0 N–H and O–H groups in total. The number of hydrogen-bond donors (Lipinski definition) is 0. The molecule has 1 aliphatic heterocycles. The van der Waals surface area contributed by atoms with Gasteiger partial charge < -0.3 is 9.47 Å². The Balaban J connectivity index is 1.34. The van der Waals surface area contributed by atoms with Gasteiger partial charge in [0, 0.05) is 24.0 Å². The van der Waals surface area contributed by atoms with Crippen molar-refractivity contribution in [3.8, 4) is 28.1 Å². The number of ether oxygens (including phenoxy) is 2. The molecule has 0 atom stereocenters. The second-order valence-electron chi connectivity index (χ2n) is 9.97. The number of rotatable bonds is 9. The summed E-state index contributed by atoms with van der Waals surface area (Å²) in [6, 6.07) is 30.8. The number of hydrogen-bond acceptors (Lipinski definition) is 7. The molecule has 0 bridgehead atoms. The Morgan fingerprint density at radius 2 is 1.47 bits per heavy atom. The first-order chi connectivity index (χ1) is 21.9. The maximum absolute atomic E-state index is 13.1. The number of aromatic nitrogens is 1. The first kappa shape index (κ1) is 30.5. The van der Waals surface area contributed by atoms with Gasteiger partial charge in [0.05, 0.1) is 35.7 Å². The molecule has 0 radical (unpaired) electrons. The molecule has 230 valence electrons. The smallest absolute Gasteiger partial charge is 0.387 e. The number of nitrogens with zero attached hydrogens (tertiary/aromatic N) is 4. The SMILES string of the molecule is O=S(=O)(c1ccc(N=c2scc(-c3ccc(-c4ccccc4)cc3)n2N=Cc2ccc(OC(F)F)cc2)cc1)N1CCOCC1. The standard InChI is InChI=1S/C33H28F2N4O4S2/c34-32(35)43-29-14-6-24(7-15-29)22-36-39-31(27-10-8-26(9-11-27)25-4-2-1-3-5-25)23-44-33(39)37-28-12-16-30(17-13-28)45(40,41)38-18-20-42-21-19-38/h1-17,22-23,32H,18-21H2. The Labute approximate surface area is 263 Å². The summed E-state index contributed by atoms with van der Waals surface area (Å²) in [5, 5.41) is 6.65. The average Bonchev–Trinajstić information content (AvgIpc) is 3.47. The zero-order chi connectivity index (χ0) is 31.2. The van der Waals surface area contributed by atoms with Crippen LogP contribution in [0.15, 0.2) is 123 Å². The molecular formula is C33H28F2N4O4S2. The molecule has 8 nitrogen and oxygen atoms in total. The Morgan fingerprint density at radius 3 is 2.13 bits per heavy atom. The number of halogens is 2. The summed E-state index contributed by atoms with van der Waals surface area (Å²) in [5.41, 5.74) is 5.11. The van der Waals surface area contributed by atoms with E-state index >= 15 is 0 Å². The highest BCUT2D eigenvalue weighted by Crippen LogP contribution is 2.26. The number of alkyl halides is 2. The van der Waals surface area contributed by atoms with Crippen molar-refractivity contribution < 1.29 is 26.7 Å². The number of thiazole rings is 1. The second kappa shape index (κ2) is 13.7. The van der Waals surface area contributed by atoms with Crippen LogP contribution in [0.5, 0.6) is 5.75 Å². The summed E-state index contributed by atoms with van der Waals surface area (Å²) >= 11 is 1.38. The molecule has 1 aliphatic rings. The Kier molecular flexibility index (Phi) is 9.26. The highest BCUT2D eigenvalue weighted by Gasteiger charge is 2.26. The molecular weight excluding hydrogens is 619 g/mol. The summed E-state index contributed by atoms with van der Waals surface area (Å²) in [7, 11) is -3.63. The van der Waals surface area contributed by atoms with Crippen molar-refractivity contribution in [1.29, 1.82) is 0 Å². The van der Waals surface area contributed by atoms with Crippen LogP contribution < -0.4 is 9.54 Å². The van der Waals surface area contributed by atoms with Gasteiger partial charge in [-0.2, -0.15) is 18.2 Å². The summed E-state index contributed by atoms with van der Waals surface area (Å²) in [5.74, 6) is 0.0549. The predicted octanol–water partition coefficient (Wildman–Crippen LogP) is 6.62. The van der Waals surface area contributed by atoms with Crippen LogP contribution >= 0.6 is 11.3 Å². The third-order valence-corrected chi connectivity index (χ3v) is 9.80. The van der Waals surface area contributed by atoms with E-state index in [1.54, 1.807) is 47.3 Å². The fourth-order valence-corrected chi connectivity index (χ4v) is 7.01. The van der Waals surface area contributed by atoms with Crippen LogP contribution in [0.2, 0.25) is 0 Å². The molecule has 12 heteroatoms. The minimum absolute atomic E-state index is 0.0549. The molecule has 5 aromatic rings. The first-order valence-electron chi connectivity index (χ1n) is 14.1. The second-order valence-corrected chi connectivity index (χ2v) is 12.7. The van der Waals surface area contributed by atoms with Crippen LogP contribution in [0.1, 0.15) is 5.56 Å². The highest BCUT2D eigenvalue weighted by atomic mass is 32.2. The highest BCUT2D eigenvalue weighted by molar-refractivity contribution is 7.89. The van der Waals surface area contributed by atoms with Gasteiger partial charge in [0.25, 0.3) is 0 Å². The molecule has 1 aromatic heterocycles. The van der Waals surface area contributed by atoms with E-state index in [-0.39, 0.29) is 10.6 Å². The molecule has 2 heterocycles. The summed E-state index contributed by atoms with van der Waals surface area (Å²) in [6.45, 7) is -1.52. The van der Waals surface area contributed by atoms with E-state index < -0.39 is 16.6 Å². The lowest BCUT2D eigenvalue weighted by molar-refractivity contribution is -0.0498. The van der Waals surface area contributed by atoms with Crippen LogP contribution in [0, 0.1) is 0 Å². The minimum atomic E-state index is -3.63. The fourth-order valence-electron chi connectivity index (χ4n) is 4.75. The molecule has 0 unspecified atom stereocenters. The minimum Gasteiger partial charge on any atom is -0.435 e. The molecule has 0 amide bonds. The van der Waals surface area contributed by atoms with Gasteiger partial charge in [-0.3, -0.25) is 0 Å². The van der Waals surface area contributed by atoms with Crippen molar-refractivity contribution in [3.05, 3.63) is 119 Å². The van der Waals surface area contributed by atoms with Crippen molar-refractivity contribution in [2.24, 2.45) is 10.1 Å². The van der Waals surface area contributed by atoms with Crippen molar-refractivity contribution in [3.63, 3.8) is 0 Å². The third kappa shape index (κ3) is 7.26. The molecule has 6 rings (SSSR count). The zero-order valence-corrected chi connectivity index (χ0v) is 25.5. The monoisotopic (exact) mass is 646 g/mol. The third-order valence-electron chi connectivity index (χ3n) is 7.07. The normalized spacial score (nSPS) is 14.8. The van der Waals surface area contributed by atoms with Crippen LogP contribution in [-0.2, 0) is 14.8 Å². The summed E-state index contributed by atoms with van der Waals surface area (Å²) < 4.78 is 64.1. The molecule has 0 aliphatic carbocycles. The maximum Gasteiger partial charge on any atom is 0.387 e. The topological polar surface area (TPSA) is 85.5 Å². The Bertz CT molecular complexity index is 1940. The summed E-state index contributed by atoms with van der Waals surface area (Å²) in [4.78, 5) is 5.53. The van der Waals surface area contributed by atoms with Crippen LogP contribution in [0.3, 0.4) is 0 Å². The molecule has 0 saturated carbocycles. The van der Waals surface area contributed by atoms with Crippen LogP contribution in [0.25, 0.3) is 22.4 Å². The number of benzene rings is 4. The lowest BCUT2D eigenvalue weighted by Gasteiger charge is -2.26. The number of morpholine rings is 1. The van der Waals surface area contributed by atoms with Gasteiger partial charge in [-0.25, -0.2) is 18.1 Å². The maximum atomic E-state index is 13.1. The van der Waals surface area contributed by atoms with E-state index in [2.05, 4.69) is 16.9 Å². The van der Waals surface area contributed by atoms with Gasteiger partial charge in [0.1, 0.15) is 5.75 Å². The van der Waals surface area contributed by atoms with E-state index in [4.69, 9.17) is 14.8 Å². The van der Waals surface area contributed by atoms with Crippen LogP contribution in [0.4, 0.5) is 14.5 Å². The van der Waals surface area contributed by atoms with Gasteiger partial charge in [-0.15, -0.1) is 11.3 Å². The summed E-state index contributed by atoms with van der Waals surface area (Å²) in [6.07, 6.45) is 1.61. The lowest BCUT2D eigenvalue weighted by Crippen LogP contribution is -2.40. The Hall–Kier alpha value is -4.49. The first-order valence-corrected chi connectivity index (χ1v) is 16.4. The van der Waals surface area contributed by atoms with Gasteiger partial charge in [0.15, 0.2) is 0 Å². The molecule has 0 spiro atoms. The van der Waals surface area contributed by atoms with Gasteiger partial charge in [-0.05, 0) is 65.2 Å². The van der Waals surface area contributed by atoms with E-state index in [0.717, 1.165) is 22.4 Å². The predicted molar refractivity (Wildman–Crippen MR) is 170 cm³/mol. The molecule has 4 aromatic carbocycles. The molecule has 45 heavy (non-hydrogen) atoms. The van der Waals surface area contributed by atoms with E-state index in [9.17, 15) is 17.2 Å². The average molecular weight is 647 g/mol. The van der Waals surface area contributed by atoms with E-state index in [1.807, 2.05) is 47.8 Å². The zero-order valence-electron chi connectivity index (χ0n) is 23.9.